The molecule has 4 nitrogen and oxygen atoms in total. The van der Waals surface area contributed by atoms with Crippen molar-refractivity contribution in [2.75, 3.05) is 13.1 Å². The van der Waals surface area contributed by atoms with Crippen molar-refractivity contribution in [3.8, 4) is 11.3 Å². The molecular formula is C24H31N3O. The van der Waals surface area contributed by atoms with Crippen molar-refractivity contribution in [3.05, 3.63) is 58.9 Å². The summed E-state index contributed by atoms with van der Waals surface area (Å²) in [6, 6.07) is 10.6. The summed E-state index contributed by atoms with van der Waals surface area (Å²) in [7, 11) is 0. The molecule has 1 amide bonds. The molecule has 3 rings (SSSR count). The van der Waals surface area contributed by atoms with Crippen LogP contribution in [-0.2, 0) is 11.2 Å². The molecule has 0 aliphatic heterocycles. The Morgan fingerprint density at radius 1 is 1.00 bits per heavy atom. The third-order valence-corrected chi connectivity index (χ3v) is 5.32. The van der Waals surface area contributed by atoms with Gasteiger partial charge in [-0.2, -0.15) is 0 Å². The lowest BCUT2D eigenvalue weighted by molar-refractivity contribution is -0.130. The number of fused-ring (bicyclic) bond motifs is 1. The van der Waals surface area contributed by atoms with E-state index in [0.717, 1.165) is 48.5 Å². The summed E-state index contributed by atoms with van der Waals surface area (Å²) < 4.78 is 2.07. The van der Waals surface area contributed by atoms with Crippen LogP contribution in [0.25, 0.3) is 16.9 Å². The van der Waals surface area contributed by atoms with Crippen LogP contribution in [0, 0.1) is 20.8 Å². The number of carbonyl (C=O) groups is 1. The molecule has 0 N–H and O–H groups in total. The number of carbonyl (C=O) groups excluding carboxylic acids is 1. The minimum atomic E-state index is 0.177. The van der Waals surface area contributed by atoms with Gasteiger partial charge in [-0.25, -0.2) is 4.98 Å². The van der Waals surface area contributed by atoms with Gasteiger partial charge < -0.3 is 9.30 Å². The van der Waals surface area contributed by atoms with Gasteiger partial charge in [0.15, 0.2) is 0 Å². The second kappa shape index (κ2) is 8.59. The quantitative estimate of drug-likeness (QED) is 0.573. The van der Waals surface area contributed by atoms with Crippen LogP contribution in [0.15, 0.2) is 36.5 Å². The molecule has 0 saturated heterocycles. The van der Waals surface area contributed by atoms with E-state index in [0.29, 0.717) is 6.42 Å². The Morgan fingerprint density at radius 3 is 2.36 bits per heavy atom. The van der Waals surface area contributed by atoms with Crippen LogP contribution < -0.4 is 0 Å². The Bertz CT molecular complexity index is 981. The summed E-state index contributed by atoms with van der Waals surface area (Å²) in [6.07, 6.45) is 4.35. The van der Waals surface area contributed by atoms with Gasteiger partial charge in [0.2, 0.25) is 5.91 Å². The smallest absolute Gasteiger partial charge is 0.228 e. The number of amides is 1. The van der Waals surface area contributed by atoms with E-state index in [9.17, 15) is 4.79 Å². The number of hydrogen-bond acceptors (Lipinski definition) is 2. The van der Waals surface area contributed by atoms with Crippen molar-refractivity contribution in [3.63, 3.8) is 0 Å². The average molecular weight is 378 g/mol. The molecule has 1 aromatic carbocycles. The number of pyridine rings is 1. The van der Waals surface area contributed by atoms with E-state index in [1.54, 1.807) is 0 Å². The van der Waals surface area contributed by atoms with Crippen molar-refractivity contribution >= 4 is 11.6 Å². The highest BCUT2D eigenvalue weighted by Crippen LogP contribution is 2.27. The van der Waals surface area contributed by atoms with Gasteiger partial charge in [0, 0.05) is 24.8 Å². The summed E-state index contributed by atoms with van der Waals surface area (Å²) in [4.78, 5) is 20.0. The van der Waals surface area contributed by atoms with E-state index in [2.05, 4.69) is 69.4 Å². The first-order chi connectivity index (χ1) is 13.4. The third-order valence-electron chi connectivity index (χ3n) is 5.32. The molecule has 2 heterocycles. The van der Waals surface area contributed by atoms with Gasteiger partial charge in [0.05, 0.1) is 17.8 Å². The molecule has 0 atom stereocenters. The molecule has 0 radical (unpaired) electrons. The minimum absolute atomic E-state index is 0.177. The molecule has 148 valence electrons. The van der Waals surface area contributed by atoms with E-state index < -0.39 is 0 Å². The maximum atomic E-state index is 13.1. The van der Waals surface area contributed by atoms with Crippen molar-refractivity contribution < 1.29 is 4.79 Å². The van der Waals surface area contributed by atoms with Gasteiger partial charge in [-0.15, -0.1) is 0 Å². The molecule has 3 aromatic rings. The maximum Gasteiger partial charge on any atom is 0.228 e. The van der Waals surface area contributed by atoms with Crippen molar-refractivity contribution in [1.82, 2.24) is 14.3 Å². The molecule has 4 heteroatoms. The lowest BCUT2D eigenvalue weighted by Crippen LogP contribution is -2.34. The standard InChI is InChI=1S/C24H31N3O/c1-6-11-26(12-7-2)23(28)16-21-24(20-9-8-18(4)19(5)15-20)25-22-14-17(3)10-13-27(21)22/h8-10,13-15H,6-7,11-12,16H2,1-5H3. The summed E-state index contributed by atoms with van der Waals surface area (Å²) in [5, 5.41) is 0. The zero-order valence-electron chi connectivity index (χ0n) is 17.7. The summed E-state index contributed by atoms with van der Waals surface area (Å²) in [5.41, 5.74) is 7.52. The Kier molecular flexibility index (Phi) is 6.18. The molecule has 0 spiro atoms. The van der Waals surface area contributed by atoms with Crippen LogP contribution in [0.1, 0.15) is 49.1 Å². The third kappa shape index (κ3) is 4.11. The average Bonchev–Trinajstić information content (AvgIpc) is 3.01. The van der Waals surface area contributed by atoms with Crippen LogP contribution in [0.5, 0.6) is 0 Å². The topological polar surface area (TPSA) is 37.6 Å². The first-order valence-electron chi connectivity index (χ1n) is 10.3. The predicted molar refractivity (Wildman–Crippen MR) is 116 cm³/mol. The Hall–Kier alpha value is -2.62. The van der Waals surface area contributed by atoms with Crippen LogP contribution in [0.2, 0.25) is 0 Å². The molecule has 0 aliphatic rings. The highest BCUT2D eigenvalue weighted by atomic mass is 16.2. The minimum Gasteiger partial charge on any atom is -0.342 e. The molecule has 0 unspecified atom stereocenters. The fourth-order valence-corrected chi connectivity index (χ4v) is 3.64. The predicted octanol–water partition coefficient (Wildman–Crippen LogP) is 5.12. The summed E-state index contributed by atoms with van der Waals surface area (Å²) >= 11 is 0. The van der Waals surface area contributed by atoms with E-state index in [1.165, 1.54) is 16.7 Å². The largest absolute Gasteiger partial charge is 0.342 e. The van der Waals surface area contributed by atoms with Gasteiger partial charge >= 0.3 is 0 Å². The van der Waals surface area contributed by atoms with Gasteiger partial charge in [0.1, 0.15) is 5.65 Å². The second-order valence-corrected chi connectivity index (χ2v) is 7.70. The van der Waals surface area contributed by atoms with E-state index in [1.807, 2.05) is 11.1 Å². The van der Waals surface area contributed by atoms with Crippen LogP contribution in [0.3, 0.4) is 0 Å². The van der Waals surface area contributed by atoms with Crippen LogP contribution >= 0.6 is 0 Å². The lowest BCUT2D eigenvalue weighted by Gasteiger charge is -2.21. The van der Waals surface area contributed by atoms with Gasteiger partial charge in [-0.05, 0) is 68.5 Å². The summed E-state index contributed by atoms with van der Waals surface area (Å²) in [5.74, 6) is 0.177. The number of rotatable bonds is 7. The Labute approximate surface area is 168 Å². The van der Waals surface area contributed by atoms with E-state index in [-0.39, 0.29) is 5.91 Å². The molecule has 0 aliphatic carbocycles. The fraction of sp³-hybridized carbons (Fsp3) is 0.417. The zero-order chi connectivity index (χ0) is 20.3. The molecule has 0 saturated carbocycles. The van der Waals surface area contributed by atoms with Crippen molar-refractivity contribution in [1.29, 1.82) is 0 Å². The second-order valence-electron chi connectivity index (χ2n) is 7.70. The van der Waals surface area contributed by atoms with Crippen LogP contribution in [0.4, 0.5) is 0 Å². The number of nitrogens with zero attached hydrogens (tertiary/aromatic N) is 3. The molecule has 2 aromatic heterocycles. The first kappa shape index (κ1) is 20.1. The highest BCUT2D eigenvalue weighted by molar-refractivity contribution is 5.82. The van der Waals surface area contributed by atoms with Crippen molar-refractivity contribution in [2.24, 2.45) is 0 Å². The van der Waals surface area contributed by atoms with E-state index in [4.69, 9.17) is 4.98 Å². The van der Waals surface area contributed by atoms with Gasteiger partial charge in [0.25, 0.3) is 0 Å². The molecule has 0 bridgehead atoms. The number of benzene rings is 1. The number of aryl methyl sites for hydroxylation is 3. The van der Waals surface area contributed by atoms with Gasteiger partial charge in [-0.1, -0.05) is 26.0 Å². The van der Waals surface area contributed by atoms with Crippen molar-refractivity contribution in [2.45, 2.75) is 53.9 Å². The SMILES string of the molecule is CCCN(CCC)C(=O)Cc1c(-c2ccc(C)c(C)c2)nc2cc(C)ccn12. The Morgan fingerprint density at radius 2 is 1.71 bits per heavy atom. The van der Waals surface area contributed by atoms with E-state index >= 15 is 0 Å². The molecule has 28 heavy (non-hydrogen) atoms. The van der Waals surface area contributed by atoms with Gasteiger partial charge in [-0.3, -0.25) is 4.79 Å². The number of hydrogen-bond donors (Lipinski definition) is 0. The summed E-state index contributed by atoms with van der Waals surface area (Å²) in [6.45, 7) is 12.2. The Balaban J connectivity index is 2.08. The lowest BCUT2D eigenvalue weighted by atomic mass is 10.0. The number of aromatic nitrogens is 2. The normalized spacial score (nSPS) is 11.2. The molecule has 0 fully saturated rings. The monoisotopic (exact) mass is 377 g/mol. The molecular weight excluding hydrogens is 346 g/mol. The van der Waals surface area contributed by atoms with Crippen LogP contribution in [-0.4, -0.2) is 33.3 Å². The maximum absolute atomic E-state index is 13.1. The zero-order valence-corrected chi connectivity index (χ0v) is 17.7. The fourth-order valence-electron chi connectivity index (χ4n) is 3.64. The number of imidazole rings is 1. The highest BCUT2D eigenvalue weighted by Gasteiger charge is 2.20. The first-order valence-corrected chi connectivity index (χ1v) is 10.3.